The molecular weight excluding hydrogens is 321 g/mol. The van der Waals surface area contributed by atoms with E-state index in [1.807, 2.05) is 19.1 Å². The number of hydrogen-bond donors (Lipinski definition) is 1. The molecule has 0 heterocycles. The minimum atomic E-state index is -0.264. The van der Waals surface area contributed by atoms with Gasteiger partial charge in [0.2, 0.25) is 5.91 Å². The van der Waals surface area contributed by atoms with Crippen LogP contribution in [0.3, 0.4) is 0 Å². The van der Waals surface area contributed by atoms with E-state index in [4.69, 9.17) is 27.9 Å². The summed E-state index contributed by atoms with van der Waals surface area (Å²) in [5.74, 6) is 0.250. The van der Waals surface area contributed by atoms with E-state index in [0.717, 1.165) is 11.1 Å². The third-order valence-electron chi connectivity index (χ3n) is 3.01. The van der Waals surface area contributed by atoms with Crippen LogP contribution in [0.25, 0.3) is 6.08 Å². The number of halogens is 2. The van der Waals surface area contributed by atoms with Crippen molar-refractivity contribution in [2.75, 3.05) is 12.4 Å². The van der Waals surface area contributed by atoms with Crippen molar-refractivity contribution in [1.82, 2.24) is 0 Å². The number of aryl methyl sites for hydroxylation is 1. The molecule has 114 valence electrons. The minimum Gasteiger partial charge on any atom is -0.495 e. The van der Waals surface area contributed by atoms with Crippen LogP contribution in [0.2, 0.25) is 10.0 Å². The van der Waals surface area contributed by atoms with Crippen LogP contribution in [0, 0.1) is 6.92 Å². The summed E-state index contributed by atoms with van der Waals surface area (Å²) < 4.78 is 5.22. The summed E-state index contributed by atoms with van der Waals surface area (Å²) in [6.07, 6.45) is 3.13. The van der Waals surface area contributed by atoms with E-state index >= 15 is 0 Å². The quantitative estimate of drug-likeness (QED) is 0.801. The molecule has 0 atom stereocenters. The lowest BCUT2D eigenvalue weighted by Crippen LogP contribution is -2.09. The fourth-order valence-electron chi connectivity index (χ4n) is 1.89. The lowest BCUT2D eigenvalue weighted by molar-refractivity contribution is -0.111. The molecule has 3 nitrogen and oxygen atoms in total. The highest BCUT2D eigenvalue weighted by Crippen LogP contribution is 2.30. The minimum absolute atomic E-state index is 0.264. The average Bonchev–Trinajstić information content (AvgIpc) is 2.49. The maximum Gasteiger partial charge on any atom is 0.248 e. The average molecular weight is 336 g/mol. The number of amides is 1. The molecule has 2 aromatic rings. The zero-order valence-corrected chi connectivity index (χ0v) is 13.7. The van der Waals surface area contributed by atoms with Crippen molar-refractivity contribution in [3.05, 3.63) is 63.6 Å². The predicted octanol–water partition coefficient (Wildman–Crippen LogP) is 4.96. The van der Waals surface area contributed by atoms with Crippen LogP contribution in [0.1, 0.15) is 11.1 Å². The van der Waals surface area contributed by atoms with Crippen molar-refractivity contribution in [2.45, 2.75) is 6.92 Å². The summed E-state index contributed by atoms with van der Waals surface area (Å²) in [5.41, 5.74) is 2.28. The number of rotatable bonds is 4. The molecule has 0 aliphatic heterocycles. The Kier molecular flexibility index (Phi) is 5.47. The number of carbonyl (C=O) groups excluding carboxylic acids is 1. The summed E-state index contributed by atoms with van der Waals surface area (Å²) in [4.78, 5) is 12.0. The molecule has 0 unspecified atom stereocenters. The molecule has 0 bridgehead atoms. The van der Waals surface area contributed by atoms with Crippen molar-refractivity contribution < 1.29 is 9.53 Å². The second kappa shape index (κ2) is 7.34. The Balaban J connectivity index is 2.14. The van der Waals surface area contributed by atoms with Gasteiger partial charge in [0.1, 0.15) is 5.75 Å². The van der Waals surface area contributed by atoms with Crippen molar-refractivity contribution in [2.24, 2.45) is 0 Å². The van der Waals surface area contributed by atoms with Gasteiger partial charge in [-0.1, -0.05) is 35.3 Å². The van der Waals surface area contributed by atoms with E-state index in [2.05, 4.69) is 5.32 Å². The third kappa shape index (κ3) is 4.26. The Labute approximate surface area is 139 Å². The van der Waals surface area contributed by atoms with E-state index in [0.29, 0.717) is 21.5 Å². The van der Waals surface area contributed by atoms with Gasteiger partial charge >= 0.3 is 0 Å². The summed E-state index contributed by atoms with van der Waals surface area (Å²) in [6.45, 7) is 1.86. The first-order valence-electron chi connectivity index (χ1n) is 6.58. The molecule has 1 N–H and O–H groups in total. The van der Waals surface area contributed by atoms with Crippen molar-refractivity contribution in [1.29, 1.82) is 0 Å². The molecule has 0 aliphatic rings. The molecule has 0 spiro atoms. The van der Waals surface area contributed by atoms with Gasteiger partial charge in [-0.15, -0.1) is 0 Å². The lowest BCUT2D eigenvalue weighted by Gasteiger charge is -2.11. The molecule has 0 fully saturated rings. The van der Waals surface area contributed by atoms with Crippen LogP contribution in [-0.2, 0) is 4.79 Å². The Morgan fingerprint density at radius 2 is 2.00 bits per heavy atom. The van der Waals surface area contributed by atoms with E-state index in [1.54, 1.807) is 30.3 Å². The summed E-state index contributed by atoms with van der Waals surface area (Å²) in [6, 6.07) is 10.7. The molecule has 2 aromatic carbocycles. The smallest absolute Gasteiger partial charge is 0.248 e. The molecule has 0 radical (unpaired) electrons. The Hall–Kier alpha value is -1.97. The number of anilines is 1. The monoisotopic (exact) mass is 335 g/mol. The topological polar surface area (TPSA) is 38.3 Å². The van der Waals surface area contributed by atoms with Gasteiger partial charge in [-0.3, -0.25) is 4.79 Å². The molecule has 0 saturated heterocycles. The number of carbonyl (C=O) groups is 1. The first-order valence-corrected chi connectivity index (χ1v) is 7.34. The normalized spacial score (nSPS) is 10.7. The SMILES string of the molecule is COc1cc(Cl)c(C)cc1NC(=O)/C=C/c1cccc(Cl)c1. The molecule has 5 heteroatoms. The fraction of sp³-hybridized carbons (Fsp3) is 0.118. The molecule has 22 heavy (non-hydrogen) atoms. The van der Waals surface area contributed by atoms with E-state index < -0.39 is 0 Å². The first kappa shape index (κ1) is 16.4. The van der Waals surface area contributed by atoms with E-state index in [1.165, 1.54) is 13.2 Å². The second-order valence-electron chi connectivity index (χ2n) is 4.68. The Morgan fingerprint density at radius 1 is 1.23 bits per heavy atom. The van der Waals surface area contributed by atoms with Crippen LogP contribution >= 0.6 is 23.2 Å². The lowest BCUT2D eigenvalue weighted by atomic mass is 10.2. The number of methoxy groups -OCH3 is 1. The Bertz CT molecular complexity index is 727. The van der Waals surface area contributed by atoms with Gasteiger partial charge in [-0.25, -0.2) is 0 Å². The number of hydrogen-bond acceptors (Lipinski definition) is 2. The van der Waals surface area contributed by atoms with Gasteiger partial charge in [-0.05, 0) is 42.3 Å². The maximum atomic E-state index is 12.0. The van der Waals surface area contributed by atoms with Crippen LogP contribution in [-0.4, -0.2) is 13.0 Å². The number of benzene rings is 2. The standard InChI is InChI=1S/C17H15Cl2NO2/c1-11-8-15(16(22-2)10-14(11)19)20-17(21)7-6-12-4-3-5-13(18)9-12/h3-10H,1-2H3,(H,20,21)/b7-6+. The van der Waals surface area contributed by atoms with Crippen LogP contribution in [0.15, 0.2) is 42.5 Å². The zero-order valence-electron chi connectivity index (χ0n) is 12.2. The fourth-order valence-corrected chi connectivity index (χ4v) is 2.24. The van der Waals surface area contributed by atoms with Gasteiger partial charge in [0.15, 0.2) is 0 Å². The van der Waals surface area contributed by atoms with Crippen LogP contribution < -0.4 is 10.1 Å². The van der Waals surface area contributed by atoms with Crippen molar-refractivity contribution in [3.8, 4) is 5.75 Å². The second-order valence-corrected chi connectivity index (χ2v) is 5.52. The van der Waals surface area contributed by atoms with Gasteiger partial charge in [-0.2, -0.15) is 0 Å². The first-order chi connectivity index (χ1) is 10.5. The summed E-state index contributed by atoms with van der Waals surface area (Å²) >= 11 is 11.9. The third-order valence-corrected chi connectivity index (χ3v) is 3.66. The number of nitrogens with one attached hydrogen (secondary N) is 1. The molecule has 0 saturated carbocycles. The van der Waals surface area contributed by atoms with Gasteiger partial charge in [0.25, 0.3) is 0 Å². The summed E-state index contributed by atoms with van der Waals surface area (Å²) in [7, 11) is 1.53. The molecule has 0 aromatic heterocycles. The maximum absolute atomic E-state index is 12.0. The van der Waals surface area contributed by atoms with Gasteiger partial charge in [0.05, 0.1) is 12.8 Å². The highest BCUT2D eigenvalue weighted by Gasteiger charge is 2.08. The van der Waals surface area contributed by atoms with E-state index in [9.17, 15) is 4.79 Å². The van der Waals surface area contributed by atoms with Crippen LogP contribution in [0.4, 0.5) is 5.69 Å². The van der Waals surface area contributed by atoms with Crippen LogP contribution in [0.5, 0.6) is 5.75 Å². The van der Waals surface area contributed by atoms with Crippen molar-refractivity contribution >= 4 is 40.9 Å². The molecule has 0 aliphatic carbocycles. The molecule has 1 amide bonds. The zero-order chi connectivity index (χ0) is 16.1. The van der Waals surface area contributed by atoms with Crippen molar-refractivity contribution in [3.63, 3.8) is 0 Å². The number of ether oxygens (including phenoxy) is 1. The largest absolute Gasteiger partial charge is 0.495 e. The highest BCUT2D eigenvalue weighted by molar-refractivity contribution is 6.31. The highest BCUT2D eigenvalue weighted by atomic mass is 35.5. The molecular formula is C17H15Cl2NO2. The van der Waals surface area contributed by atoms with Gasteiger partial charge < -0.3 is 10.1 Å². The summed E-state index contributed by atoms with van der Waals surface area (Å²) in [5, 5.41) is 3.98. The predicted molar refractivity (Wildman–Crippen MR) is 91.9 cm³/mol. The van der Waals surface area contributed by atoms with E-state index in [-0.39, 0.29) is 5.91 Å². The van der Waals surface area contributed by atoms with Gasteiger partial charge in [0, 0.05) is 22.2 Å². The Morgan fingerprint density at radius 3 is 2.68 bits per heavy atom. The molecule has 2 rings (SSSR count).